The fourth-order valence-corrected chi connectivity index (χ4v) is 2.25. The monoisotopic (exact) mass is 306 g/mol. The molecule has 4 N–H and O–H groups in total. The van der Waals surface area contributed by atoms with Crippen molar-refractivity contribution < 1.29 is 0 Å². The van der Waals surface area contributed by atoms with E-state index in [2.05, 4.69) is 38.6 Å². The molecule has 116 valence electrons. The molecule has 3 aromatic rings. The number of nitrogens with two attached hydrogens (primary N) is 1. The molecule has 1 aromatic carbocycles. The minimum Gasteiger partial charge on any atom is -0.393 e. The number of aryl methyl sites for hydroxylation is 2. The zero-order chi connectivity index (χ0) is 16.2. The van der Waals surface area contributed by atoms with Crippen molar-refractivity contribution in [2.75, 3.05) is 16.4 Å². The Morgan fingerprint density at radius 2 is 1.78 bits per heavy atom. The Morgan fingerprint density at radius 3 is 2.48 bits per heavy atom. The van der Waals surface area contributed by atoms with Crippen molar-refractivity contribution in [3.63, 3.8) is 0 Å². The second-order valence-corrected chi connectivity index (χ2v) is 5.29. The minimum atomic E-state index is 0.455. The summed E-state index contributed by atoms with van der Waals surface area (Å²) in [5.41, 5.74) is 10.8. The van der Waals surface area contributed by atoms with Crippen LogP contribution >= 0.6 is 0 Å². The van der Waals surface area contributed by atoms with Gasteiger partial charge in [-0.05, 0) is 37.6 Å². The van der Waals surface area contributed by atoms with Crippen LogP contribution in [0.4, 0.5) is 28.7 Å². The lowest BCUT2D eigenvalue weighted by molar-refractivity contribution is 1.17. The molecule has 0 radical (unpaired) electrons. The van der Waals surface area contributed by atoms with E-state index >= 15 is 0 Å². The number of rotatable bonds is 4. The summed E-state index contributed by atoms with van der Waals surface area (Å²) >= 11 is 0. The summed E-state index contributed by atoms with van der Waals surface area (Å²) in [6.07, 6.45) is 4.89. The SMILES string of the molecule is Cc1ccc(Nc2ncnc(Nc3cccnc3)c2N)c(C)c1. The molecule has 0 spiro atoms. The molecule has 23 heavy (non-hydrogen) atoms. The summed E-state index contributed by atoms with van der Waals surface area (Å²) in [4.78, 5) is 12.5. The van der Waals surface area contributed by atoms with Gasteiger partial charge >= 0.3 is 0 Å². The molecule has 0 saturated carbocycles. The molecule has 0 amide bonds. The van der Waals surface area contributed by atoms with Gasteiger partial charge in [0.15, 0.2) is 11.6 Å². The summed E-state index contributed by atoms with van der Waals surface area (Å²) < 4.78 is 0. The maximum Gasteiger partial charge on any atom is 0.159 e. The number of hydrogen-bond donors (Lipinski definition) is 3. The first-order valence-corrected chi connectivity index (χ1v) is 7.25. The van der Waals surface area contributed by atoms with Gasteiger partial charge in [-0.15, -0.1) is 0 Å². The molecule has 0 aliphatic carbocycles. The van der Waals surface area contributed by atoms with Gasteiger partial charge < -0.3 is 16.4 Å². The van der Waals surface area contributed by atoms with Crippen LogP contribution in [0.1, 0.15) is 11.1 Å². The van der Waals surface area contributed by atoms with Crippen molar-refractivity contribution in [2.45, 2.75) is 13.8 Å². The first-order chi connectivity index (χ1) is 11.1. The van der Waals surface area contributed by atoms with Crippen LogP contribution in [-0.2, 0) is 0 Å². The summed E-state index contributed by atoms with van der Waals surface area (Å²) in [6.45, 7) is 4.10. The molecule has 0 aliphatic rings. The Bertz CT molecular complexity index is 817. The first kappa shape index (κ1) is 14.8. The lowest BCUT2D eigenvalue weighted by Crippen LogP contribution is -2.05. The molecular weight excluding hydrogens is 288 g/mol. The van der Waals surface area contributed by atoms with Gasteiger partial charge in [-0.25, -0.2) is 9.97 Å². The summed E-state index contributed by atoms with van der Waals surface area (Å²) in [5.74, 6) is 1.11. The Hall–Kier alpha value is -3.15. The van der Waals surface area contributed by atoms with Crippen molar-refractivity contribution in [2.24, 2.45) is 0 Å². The quantitative estimate of drug-likeness (QED) is 0.683. The number of anilines is 5. The van der Waals surface area contributed by atoms with E-state index in [0.717, 1.165) is 16.9 Å². The normalized spacial score (nSPS) is 10.3. The zero-order valence-electron chi connectivity index (χ0n) is 13.0. The standard InChI is InChI=1S/C17H18N6/c1-11-5-6-14(12(2)8-11)23-17-15(18)16(20-10-21-17)22-13-4-3-7-19-9-13/h3-10H,18H2,1-2H3,(H2,20,21,22,23). The van der Waals surface area contributed by atoms with Gasteiger partial charge in [-0.2, -0.15) is 0 Å². The van der Waals surface area contributed by atoms with Gasteiger partial charge in [-0.3, -0.25) is 4.98 Å². The second-order valence-electron chi connectivity index (χ2n) is 5.29. The van der Waals surface area contributed by atoms with Crippen molar-refractivity contribution >= 4 is 28.7 Å². The highest BCUT2D eigenvalue weighted by Gasteiger charge is 2.09. The molecular formula is C17H18N6. The molecule has 2 aromatic heterocycles. The highest BCUT2D eigenvalue weighted by Crippen LogP contribution is 2.29. The van der Waals surface area contributed by atoms with Gasteiger partial charge in [0, 0.05) is 11.9 Å². The van der Waals surface area contributed by atoms with E-state index in [1.54, 1.807) is 12.4 Å². The number of hydrogen-bond acceptors (Lipinski definition) is 6. The average molecular weight is 306 g/mol. The Balaban J connectivity index is 1.87. The van der Waals surface area contributed by atoms with Crippen molar-refractivity contribution in [3.8, 4) is 0 Å². The van der Waals surface area contributed by atoms with E-state index in [1.165, 1.54) is 11.9 Å². The average Bonchev–Trinajstić information content (AvgIpc) is 2.54. The van der Waals surface area contributed by atoms with Gasteiger partial charge in [0.2, 0.25) is 0 Å². The smallest absolute Gasteiger partial charge is 0.159 e. The van der Waals surface area contributed by atoms with Crippen molar-refractivity contribution in [1.29, 1.82) is 0 Å². The van der Waals surface area contributed by atoms with Crippen molar-refractivity contribution in [1.82, 2.24) is 15.0 Å². The summed E-state index contributed by atoms with van der Waals surface area (Å²) in [6, 6.07) is 9.90. The van der Waals surface area contributed by atoms with Crippen LogP contribution in [0, 0.1) is 13.8 Å². The van der Waals surface area contributed by atoms with Gasteiger partial charge in [0.05, 0.1) is 11.9 Å². The molecule has 3 rings (SSSR count). The van der Waals surface area contributed by atoms with Crippen LogP contribution in [-0.4, -0.2) is 15.0 Å². The van der Waals surface area contributed by atoms with Gasteiger partial charge in [-0.1, -0.05) is 17.7 Å². The first-order valence-electron chi connectivity index (χ1n) is 7.25. The predicted molar refractivity (Wildman–Crippen MR) is 93.2 cm³/mol. The topological polar surface area (TPSA) is 88.8 Å². The fraction of sp³-hybridized carbons (Fsp3) is 0.118. The lowest BCUT2D eigenvalue weighted by atomic mass is 10.1. The van der Waals surface area contributed by atoms with E-state index in [0.29, 0.717) is 17.3 Å². The minimum absolute atomic E-state index is 0.455. The van der Waals surface area contributed by atoms with Crippen LogP contribution < -0.4 is 16.4 Å². The number of aromatic nitrogens is 3. The Labute approximate surface area is 134 Å². The molecule has 2 heterocycles. The molecule has 0 bridgehead atoms. The van der Waals surface area contributed by atoms with Crippen LogP contribution in [0.5, 0.6) is 0 Å². The van der Waals surface area contributed by atoms with Crippen LogP contribution in [0.15, 0.2) is 49.1 Å². The number of nitrogens with zero attached hydrogens (tertiary/aromatic N) is 3. The predicted octanol–water partition coefficient (Wildman–Crippen LogP) is 3.56. The third-order valence-electron chi connectivity index (χ3n) is 3.44. The highest BCUT2D eigenvalue weighted by molar-refractivity contribution is 5.80. The number of nitrogens with one attached hydrogen (secondary N) is 2. The molecule has 0 fully saturated rings. The van der Waals surface area contributed by atoms with E-state index < -0.39 is 0 Å². The van der Waals surface area contributed by atoms with E-state index in [1.807, 2.05) is 31.2 Å². The van der Waals surface area contributed by atoms with Crippen molar-refractivity contribution in [3.05, 3.63) is 60.2 Å². The molecule has 0 aliphatic heterocycles. The van der Waals surface area contributed by atoms with Crippen LogP contribution in [0.2, 0.25) is 0 Å². The number of benzene rings is 1. The van der Waals surface area contributed by atoms with Gasteiger partial charge in [0.25, 0.3) is 0 Å². The summed E-state index contributed by atoms with van der Waals surface area (Å²) in [5, 5.41) is 6.41. The number of pyridine rings is 1. The largest absolute Gasteiger partial charge is 0.393 e. The van der Waals surface area contributed by atoms with Gasteiger partial charge in [0.1, 0.15) is 12.0 Å². The number of nitrogen functional groups attached to an aromatic ring is 1. The molecule has 0 saturated heterocycles. The third kappa shape index (κ3) is 3.37. The van der Waals surface area contributed by atoms with E-state index in [-0.39, 0.29) is 0 Å². The molecule has 0 atom stereocenters. The molecule has 6 heteroatoms. The Kier molecular flexibility index (Phi) is 4.05. The fourth-order valence-electron chi connectivity index (χ4n) is 2.25. The zero-order valence-corrected chi connectivity index (χ0v) is 13.0. The third-order valence-corrected chi connectivity index (χ3v) is 3.44. The lowest BCUT2D eigenvalue weighted by Gasteiger charge is -2.14. The van der Waals surface area contributed by atoms with Crippen LogP contribution in [0.3, 0.4) is 0 Å². The van der Waals surface area contributed by atoms with Crippen LogP contribution in [0.25, 0.3) is 0 Å². The highest BCUT2D eigenvalue weighted by atomic mass is 15.1. The summed E-state index contributed by atoms with van der Waals surface area (Å²) in [7, 11) is 0. The maximum atomic E-state index is 6.19. The Morgan fingerprint density at radius 1 is 1.00 bits per heavy atom. The molecule has 0 unspecified atom stereocenters. The van der Waals surface area contributed by atoms with E-state index in [9.17, 15) is 0 Å². The van der Waals surface area contributed by atoms with E-state index in [4.69, 9.17) is 5.73 Å². The molecule has 6 nitrogen and oxygen atoms in total. The second kappa shape index (κ2) is 6.31. The maximum absolute atomic E-state index is 6.19.